The molecule has 0 atom stereocenters. The summed E-state index contributed by atoms with van der Waals surface area (Å²) in [6.45, 7) is 0.402. The van der Waals surface area contributed by atoms with E-state index in [0.717, 1.165) is 16.7 Å². The summed E-state index contributed by atoms with van der Waals surface area (Å²) in [4.78, 5) is 2.73. The minimum atomic E-state index is 0.402. The van der Waals surface area contributed by atoms with Gasteiger partial charge in [-0.25, -0.2) is 0 Å². The molecule has 3 nitrogen and oxygen atoms in total. The first-order valence-electron chi connectivity index (χ1n) is 4.96. The fraction of sp³-hybridized carbons (Fsp3) is 0.0769. The highest BCUT2D eigenvalue weighted by atomic mass is 15.1. The molecule has 0 heterocycles. The lowest BCUT2D eigenvalue weighted by Crippen LogP contribution is -1.81. The summed E-state index contributed by atoms with van der Waals surface area (Å²) in [6, 6.07) is 18.8. The zero-order valence-corrected chi connectivity index (χ0v) is 8.67. The Bertz CT molecular complexity index is 496. The Morgan fingerprint density at radius 1 is 1.00 bits per heavy atom. The third kappa shape index (κ3) is 2.41. The van der Waals surface area contributed by atoms with Gasteiger partial charge >= 0.3 is 0 Å². The van der Waals surface area contributed by atoms with Crippen LogP contribution in [0.5, 0.6) is 0 Å². The van der Waals surface area contributed by atoms with E-state index in [9.17, 15) is 0 Å². The van der Waals surface area contributed by atoms with E-state index in [0.29, 0.717) is 6.54 Å². The topological polar surface area (TPSA) is 48.8 Å². The van der Waals surface area contributed by atoms with Crippen LogP contribution in [0, 0.1) is 6.07 Å². The van der Waals surface area contributed by atoms with Gasteiger partial charge in [0.25, 0.3) is 0 Å². The fourth-order valence-corrected chi connectivity index (χ4v) is 1.50. The molecule has 0 N–H and O–H groups in total. The van der Waals surface area contributed by atoms with Crippen LogP contribution in [-0.4, -0.2) is 0 Å². The summed E-state index contributed by atoms with van der Waals surface area (Å²) in [5, 5.41) is 3.52. The smallest absolute Gasteiger partial charge is 0.0510 e. The Morgan fingerprint density at radius 3 is 2.25 bits per heavy atom. The third-order valence-electron chi connectivity index (χ3n) is 2.32. The van der Waals surface area contributed by atoms with E-state index in [-0.39, 0.29) is 0 Å². The molecule has 0 bridgehead atoms. The molecule has 0 saturated carbocycles. The van der Waals surface area contributed by atoms with Crippen LogP contribution in [0.2, 0.25) is 0 Å². The SMILES string of the molecule is [N-]=[N+]=NCc1ccc(-c2cc[c]cc2)cc1. The second kappa shape index (κ2) is 5.01. The van der Waals surface area contributed by atoms with Crippen molar-refractivity contribution >= 4 is 0 Å². The highest BCUT2D eigenvalue weighted by Crippen LogP contribution is 2.19. The Labute approximate surface area is 94.0 Å². The number of hydrogen-bond donors (Lipinski definition) is 0. The van der Waals surface area contributed by atoms with Crippen LogP contribution >= 0.6 is 0 Å². The first-order chi connectivity index (χ1) is 7.90. The van der Waals surface area contributed by atoms with Crippen LogP contribution in [0.3, 0.4) is 0 Å². The first kappa shape index (κ1) is 10.3. The molecule has 77 valence electrons. The maximum atomic E-state index is 8.22. The maximum Gasteiger partial charge on any atom is 0.0510 e. The largest absolute Gasteiger partial charge is 0.0893 e. The second-order valence-electron chi connectivity index (χ2n) is 3.37. The lowest BCUT2D eigenvalue weighted by molar-refractivity contribution is 1.05. The molecule has 1 radical (unpaired) electrons. The van der Waals surface area contributed by atoms with E-state index >= 15 is 0 Å². The van der Waals surface area contributed by atoms with E-state index in [2.05, 4.69) is 16.1 Å². The number of benzene rings is 2. The van der Waals surface area contributed by atoms with Gasteiger partial charge in [-0.1, -0.05) is 53.6 Å². The number of rotatable bonds is 3. The highest BCUT2D eigenvalue weighted by molar-refractivity contribution is 5.63. The van der Waals surface area contributed by atoms with Gasteiger partial charge in [0.15, 0.2) is 0 Å². The standard InChI is InChI=1S/C13H10N3/c14-16-15-10-11-6-8-13(9-7-11)12-4-2-1-3-5-12/h2-9H,10H2. The Kier molecular flexibility index (Phi) is 3.22. The molecular formula is C13H10N3. The quantitative estimate of drug-likeness (QED) is 0.416. The number of nitrogens with zero attached hydrogens (tertiary/aromatic N) is 3. The zero-order valence-electron chi connectivity index (χ0n) is 8.67. The molecule has 0 aromatic heterocycles. The summed E-state index contributed by atoms with van der Waals surface area (Å²) in [7, 11) is 0. The molecule has 0 aliphatic heterocycles. The number of hydrogen-bond acceptors (Lipinski definition) is 1. The molecule has 0 aliphatic carbocycles. The van der Waals surface area contributed by atoms with Crippen molar-refractivity contribution in [3.63, 3.8) is 0 Å². The third-order valence-corrected chi connectivity index (χ3v) is 2.32. The van der Waals surface area contributed by atoms with Crippen molar-refractivity contribution in [2.45, 2.75) is 6.54 Å². The molecule has 2 rings (SSSR count). The van der Waals surface area contributed by atoms with E-state index in [1.54, 1.807) is 0 Å². The van der Waals surface area contributed by atoms with Gasteiger partial charge in [0.2, 0.25) is 0 Å². The molecule has 0 fully saturated rings. The summed E-state index contributed by atoms with van der Waals surface area (Å²) in [5.74, 6) is 0. The highest BCUT2D eigenvalue weighted by Gasteiger charge is 1.96. The van der Waals surface area contributed by atoms with Gasteiger partial charge in [-0.05, 0) is 28.3 Å². The second-order valence-corrected chi connectivity index (χ2v) is 3.37. The van der Waals surface area contributed by atoms with Crippen LogP contribution in [-0.2, 0) is 6.54 Å². The fourth-order valence-electron chi connectivity index (χ4n) is 1.50. The summed E-state index contributed by atoms with van der Waals surface area (Å²) in [5.41, 5.74) is 11.5. The minimum Gasteiger partial charge on any atom is -0.0893 e. The summed E-state index contributed by atoms with van der Waals surface area (Å²) < 4.78 is 0. The molecule has 16 heavy (non-hydrogen) atoms. The van der Waals surface area contributed by atoms with Crippen LogP contribution in [0.4, 0.5) is 0 Å². The van der Waals surface area contributed by atoms with Crippen molar-refractivity contribution in [2.75, 3.05) is 0 Å². The predicted molar refractivity (Wildman–Crippen MR) is 63.6 cm³/mol. The van der Waals surface area contributed by atoms with Gasteiger partial charge in [0.05, 0.1) is 6.54 Å². The molecule has 0 saturated heterocycles. The average Bonchev–Trinajstić information content (AvgIpc) is 2.38. The first-order valence-corrected chi connectivity index (χ1v) is 4.96. The molecule has 2 aromatic carbocycles. The van der Waals surface area contributed by atoms with E-state index in [4.69, 9.17) is 5.53 Å². The molecule has 0 amide bonds. The molecule has 0 spiro atoms. The van der Waals surface area contributed by atoms with Crippen molar-refractivity contribution in [1.82, 2.24) is 0 Å². The van der Waals surface area contributed by atoms with Crippen molar-refractivity contribution in [3.8, 4) is 11.1 Å². The molecule has 3 heteroatoms. The van der Waals surface area contributed by atoms with Gasteiger partial charge in [-0.15, -0.1) is 0 Å². The monoisotopic (exact) mass is 208 g/mol. The predicted octanol–water partition coefficient (Wildman–Crippen LogP) is 3.96. The normalized spacial score (nSPS) is 9.50. The van der Waals surface area contributed by atoms with Crippen LogP contribution in [0.25, 0.3) is 21.6 Å². The van der Waals surface area contributed by atoms with Gasteiger partial charge in [0.1, 0.15) is 0 Å². The van der Waals surface area contributed by atoms with Gasteiger partial charge in [0, 0.05) is 4.91 Å². The summed E-state index contributed by atoms with van der Waals surface area (Å²) >= 11 is 0. The molecule has 0 unspecified atom stereocenters. The lowest BCUT2D eigenvalue weighted by atomic mass is 10.0. The summed E-state index contributed by atoms with van der Waals surface area (Å²) in [6.07, 6.45) is 0. The van der Waals surface area contributed by atoms with Crippen LogP contribution < -0.4 is 0 Å². The van der Waals surface area contributed by atoms with Gasteiger partial charge < -0.3 is 0 Å². The number of azide groups is 1. The van der Waals surface area contributed by atoms with Gasteiger partial charge in [-0.3, -0.25) is 0 Å². The molecule has 0 aliphatic rings. The van der Waals surface area contributed by atoms with Gasteiger partial charge in [-0.2, -0.15) is 0 Å². The van der Waals surface area contributed by atoms with Crippen molar-refractivity contribution in [2.24, 2.45) is 5.11 Å². The van der Waals surface area contributed by atoms with Crippen LogP contribution in [0.15, 0.2) is 53.6 Å². The van der Waals surface area contributed by atoms with Crippen molar-refractivity contribution in [1.29, 1.82) is 0 Å². The maximum absolute atomic E-state index is 8.22. The van der Waals surface area contributed by atoms with Crippen molar-refractivity contribution in [3.05, 3.63) is 70.6 Å². The molecular weight excluding hydrogens is 198 g/mol. The zero-order chi connectivity index (χ0) is 11.2. The van der Waals surface area contributed by atoms with Crippen LogP contribution in [0.1, 0.15) is 5.56 Å². The Balaban J connectivity index is 2.23. The Hall–Kier alpha value is -2.25. The Morgan fingerprint density at radius 2 is 1.62 bits per heavy atom. The van der Waals surface area contributed by atoms with Crippen molar-refractivity contribution < 1.29 is 0 Å². The lowest BCUT2D eigenvalue weighted by Gasteiger charge is -2.02. The minimum absolute atomic E-state index is 0.402. The average molecular weight is 208 g/mol. The van der Waals surface area contributed by atoms with E-state index < -0.39 is 0 Å². The van der Waals surface area contributed by atoms with E-state index in [1.165, 1.54) is 0 Å². The molecule has 2 aromatic rings. The van der Waals surface area contributed by atoms with E-state index in [1.807, 2.05) is 48.5 Å².